The predicted octanol–water partition coefficient (Wildman–Crippen LogP) is 3.28. The molecule has 3 atom stereocenters. The summed E-state index contributed by atoms with van der Waals surface area (Å²) in [6.07, 6.45) is 3.17. The molecule has 1 amide bonds. The van der Waals surface area contributed by atoms with E-state index in [1.807, 2.05) is 18.2 Å². The van der Waals surface area contributed by atoms with Crippen molar-refractivity contribution in [1.82, 2.24) is 10.2 Å². The maximum Gasteiger partial charge on any atom is 0.262 e. The lowest BCUT2D eigenvalue weighted by molar-refractivity contribution is -0.129. The van der Waals surface area contributed by atoms with Gasteiger partial charge in [-0.2, -0.15) is 0 Å². The van der Waals surface area contributed by atoms with Gasteiger partial charge in [-0.1, -0.05) is 12.1 Å². The van der Waals surface area contributed by atoms with E-state index in [1.165, 1.54) is 12.1 Å². The summed E-state index contributed by atoms with van der Waals surface area (Å²) in [4.78, 5) is 15.4. The van der Waals surface area contributed by atoms with Crippen LogP contribution in [-0.2, 0) is 20.8 Å². The van der Waals surface area contributed by atoms with Gasteiger partial charge in [0.2, 0.25) is 6.79 Å². The van der Waals surface area contributed by atoms with Crippen LogP contribution in [0.25, 0.3) is 0 Å². The number of rotatable bonds is 11. The molecule has 0 bridgehead atoms. The molecule has 3 heterocycles. The van der Waals surface area contributed by atoms with E-state index in [0.29, 0.717) is 44.3 Å². The Balaban J connectivity index is 1.32. The van der Waals surface area contributed by atoms with Crippen LogP contribution in [0.2, 0.25) is 0 Å². The number of nitrogens with one attached hydrogen (secondary N) is 1. The molecular weight excluding hydrogens is 467 g/mol. The van der Waals surface area contributed by atoms with Crippen molar-refractivity contribution < 1.29 is 32.9 Å². The average Bonchev–Trinajstić information content (AvgIpc) is 3.65. The fourth-order valence-corrected chi connectivity index (χ4v) is 4.82. The number of carbonyl (C=O) groups excluding carboxylic acids is 1. The maximum absolute atomic E-state index is 13.9. The second-order valence-corrected chi connectivity index (χ2v) is 9.46. The Kier molecular flexibility index (Phi) is 8.20. The molecule has 0 radical (unpaired) electrons. The van der Waals surface area contributed by atoms with E-state index in [1.54, 1.807) is 12.1 Å². The number of halogens is 1. The summed E-state index contributed by atoms with van der Waals surface area (Å²) in [7, 11) is 0. The van der Waals surface area contributed by atoms with Crippen molar-refractivity contribution in [2.45, 2.75) is 50.5 Å². The minimum absolute atomic E-state index is 0.0143. The summed E-state index contributed by atoms with van der Waals surface area (Å²) in [5, 5.41) is 2.98. The molecule has 3 unspecified atom stereocenters. The second kappa shape index (κ2) is 11.9. The van der Waals surface area contributed by atoms with Crippen molar-refractivity contribution in [2.24, 2.45) is 0 Å². The van der Waals surface area contributed by atoms with Gasteiger partial charge < -0.3 is 29.0 Å². The molecule has 0 spiro atoms. The summed E-state index contributed by atoms with van der Waals surface area (Å²) in [5.41, 5.74) is 1.03. The number of carbonyl (C=O) groups is 1. The zero-order chi connectivity index (χ0) is 24.7. The second-order valence-electron chi connectivity index (χ2n) is 9.46. The molecule has 2 aromatic rings. The van der Waals surface area contributed by atoms with E-state index >= 15 is 0 Å². The van der Waals surface area contributed by atoms with Gasteiger partial charge in [0.25, 0.3) is 5.91 Å². The molecule has 9 heteroatoms. The maximum atomic E-state index is 13.9. The Bertz CT molecular complexity index is 1030. The average molecular weight is 501 g/mol. The van der Waals surface area contributed by atoms with Crippen molar-refractivity contribution in [3.8, 4) is 17.2 Å². The summed E-state index contributed by atoms with van der Waals surface area (Å²) in [6, 6.07) is 11.7. The number of hydrogen-bond donors (Lipinski definition) is 1. The van der Waals surface area contributed by atoms with E-state index < -0.39 is 11.9 Å². The third kappa shape index (κ3) is 6.66. The van der Waals surface area contributed by atoms with Gasteiger partial charge in [-0.05, 0) is 55.5 Å². The number of fused-ring (bicyclic) bond motifs is 1. The Morgan fingerprint density at radius 2 is 1.86 bits per heavy atom. The molecule has 0 aromatic heterocycles. The first-order valence-electron chi connectivity index (χ1n) is 12.7. The topological polar surface area (TPSA) is 78.5 Å². The number of hydrogen-bond acceptors (Lipinski definition) is 7. The van der Waals surface area contributed by atoms with Gasteiger partial charge in [0.15, 0.2) is 17.6 Å². The van der Waals surface area contributed by atoms with Crippen LogP contribution in [0.5, 0.6) is 17.2 Å². The minimum atomic E-state index is -0.844. The summed E-state index contributed by atoms with van der Waals surface area (Å²) in [5.74, 6) is 1.09. The monoisotopic (exact) mass is 500 g/mol. The highest BCUT2D eigenvalue weighted by Gasteiger charge is 2.28. The van der Waals surface area contributed by atoms with Crippen LogP contribution in [0.15, 0.2) is 42.5 Å². The van der Waals surface area contributed by atoms with Crippen LogP contribution in [0.3, 0.4) is 0 Å². The molecule has 194 valence electrons. The Labute approximate surface area is 210 Å². The van der Waals surface area contributed by atoms with E-state index in [4.69, 9.17) is 23.7 Å². The number of nitrogens with zero attached hydrogens (tertiary/aromatic N) is 1. The third-order valence-electron chi connectivity index (χ3n) is 6.65. The van der Waals surface area contributed by atoms with E-state index in [9.17, 15) is 9.18 Å². The summed E-state index contributed by atoms with van der Waals surface area (Å²) in [6.45, 7) is 3.63. The van der Waals surface area contributed by atoms with Crippen LogP contribution >= 0.6 is 0 Å². The van der Waals surface area contributed by atoms with Crippen molar-refractivity contribution >= 4 is 5.91 Å². The smallest absolute Gasteiger partial charge is 0.262 e. The van der Waals surface area contributed by atoms with E-state index in [2.05, 4.69) is 10.2 Å². The van der Waals surface area contributed by atoms with E-state index in [0.717, 1.165) is 43.6 Å². The van der Waals surface area contributed by atoms with Gasteiger partial charge >= 0.3 is 0 Å². The van der Waals surface area contributed by atoms with Crippen LogP contribution < -0.4 is 19.5 Å². The molecule has 2 fully saturated rings. The third-order valence-corrected chi connectivity index (χ3v) is 6.65. The van der Waals surface area contributed by atoms with Crippen LogP contribution in [0.1, 0.15) is 31.2 Å². The molecule has 2 aromatic carbocycles. The number of amides is 1. The molecule has 36 heavy (non-hydrogen) atoms. The van der Waals surface area contributed by atoms with Gasteiger partial charge in [0, 0.05) is 45.5 Å². The molecule has 1 N–H and O–H groups in total. The first kappa shape index (κ1) is 24.8. The Morgan fingerprint density at radius 1 is 1.06 bits per heavy atom. The fourth-order valence-electron chi connectivity index (χ4n) is 4.82. The fraction of sp³-hybridized carbons (Fsp3) is 0.519. The summed E-state index contributed by atoms with van der Waals surface area (Å²) >= 11 is 0. The molecule has 8 nitrogen and oxygen atoms in total. The molecule has 5 rings (SSSR count). The first-order chi connectivity index (χ1) is 17.6. The minimum Gasteiger partial charge on any atom is -0.479 e. The van der Waals surface area contributed by atoms with Gasteiger partial charge in [0.05, 0.1) is 12.2 Å². The van der Waals surface area contributed by atoms with E-state index in [-0.39, 0.29) is 24.9 Å². The zero-order valence-electron chi connectivity index (χ0n) is 20.3. The van der Waals surface area contributed by atoms with Crippen molar-refractivity contribution in [2.75, 3.05) is 39.6 Å². The zero-order valence-corrected chi connectivity index (χ0v) is 20.3. The molecule has 2 saturated heterocycles. The lowest BCUT2D eigenvalue weighted by atomic mass is 10.1. The van der Waals surface area contributed by atoms with Crippen LogP contribution in [-0.4, -0.2) is 68.8 Å². The van der Waals surface area contributed by atoms with Gasteiger partial charge in [0.1, 0.15) is 11.6 Å². The largest absolute Gasteiger partial charge is 0.479 e. The lowest BCUT2D eigenvalue weighted by Crippen LogP contribution is -2.48. The summed E-state index contributed by atoms with van der Waals surface area (Å²) < 4.78 is 42.4. The Morgan fingerprint density at radius 3 is 2.64 bits per heavy atom. The van der Waals surface area contributed by atoms with Gasteiger partial charge in [-0.25, -0.2) is 4.39 Å². The normalized spacial score (nSPS) is 21.6. The molecular formula is C27H33FN2O6. The highest BCUT2D eigenvalue weighted by atomic mass is 19.1. The highest BCUT2D eigenvalue weighted by Crippen LogP contribution is 2.33. The quantitative estimate of drug-likeness (QED) is 0.507. The van der Waals surface area contributed by atoms with Crippen molar-refractivity contribution in [1.29, 1.82) is 0 Å². The van der Waals surface area contributed by atoms with Gasteiger partial charge in [-0.15, -0.1) is 0 Å². The standard InChI is InChI=1S/C27H33FN2O6/c28-20-4-1-5-21(13-20)36-26(27(31)29-14-22-6-2-10-32-22)17-30(16-23-7-3-11-33-23)15-19-8-9-24-25(12-19)35-18-34-24/h1,4-5,8-9,12-13,22-23,26H,2-3,6-7,10-11,14-18H2,(H,29,31). The molecule has 0 saturated carbocycles. The number of ether oxygens (including phenoxy) is 5. The predicted molar refractivity (Wildman–Crippen MR) is 130 cm³/mol. The van der Waals surface area contributed by atoms with Crippen molar-refractivity contribution in [3.05, 3.63) is 53.8 Å². The molecule has 3 aliphatic rings. The van der Waals surface area contributed by atoms with Gasteiger partial charge in [-0.3, -0.25) is 9.69 Å². The Hall–Kier alpha value is -2.88. The molecule has 0 aliphatic carbocycles. The molecule has 3 aliphatic heterocycles. The SMILES string of the molecule is O=C(NCC1CCCO1)C(CN(Cc1ccc2c(c1)OCO2)CC1CCCO1)Oc1cccc(F)c1. The van der Waals surface area contributed by atoms with Crippen LogP contribution in [0.4, 0.5) is 4.39 Å². The number of benzene rings is 2. The first-order valence-corrected chi connectivity index (χ1v) is 12.7. The highest BCUT2D eigenvalue weighted by molar-refractivity contribution is 5.81. The lowest BCUT2D eigenvalue weighted by Gasteiger charge is -2.29. The van der Waals surface area contributed by atoms with Crippen LogP contribution in [0, 0.1) is 5.82 Å². The van der Waals surface area contributed by atoms with Crippen molar-refractivity contribution in [3.63, 3.8) is 0 Å².